The van der Waals surface area contributed by atoms with E-state index in [0.717, 1.165) is 31.2 Å². The molecule has 0 radical (unpaired) electrons. The number of methoxy groups -OCH3 is 1. The lowest BCUT2D eigenvalue weighted by atomic mass is 9.51. The van der Waals surface area contributed by atoms with E-state index in [-0.39, 0.29) is 53.5 Å². The first-order valence-corrected chi connectivity index (χ1v) is 11.4. The number of aliphatic hydroxyl groups excluding tert-OH is 1. The van der Waals surface area contributed by atoms with Crippen molar-refractivity contribution in [1.82, 2.24) is 15.6 Å². The highest BCUT2D eigenvalue weighted by molar-refractivity contribution is 5.78. The van der Waals surface area contributed by atoms with Gasteiger partial charge in [-0.3, -0.25) is 14.6 Å². The number of carbonyl (C=O) groups excluding carboxylic acids is 2. The van der Waals surface area contributed by atoms with Crippen LogP contribution in [-0.4, -0.2) is 47.8 Å². The Hall–Kier alpha value is -1.99. The molecule has 3 N–H and O–H groups in total. The molecule has 1 aromatic heterocycles. The van der Waals surface area contributed by atoms with Crippen LogP contribution in [0.5, 0.6) is 0 Å². The lowest BCUT2D eigenvalue weighted by Crippen LogP contribution is -2.58. The Labute approximate surface area is 185 Å². The van der Waals surface area contributed by atoms with Gasteiger partial charge >= 0.3 is 0 Å². The van der Waals surface area contributed by atoms with Gasteiger partial charge in [-0.15, -0.1) is 0 Å². The fourth-order valence-corrected chi connectivity index (χ4v) is 5.92. The number of pyridine rings is 1. The Morgan fingerprint density at radius 1 is 1.35 bits per heavy atom. The van der Waals surface area contributed by atoms with E-state index in [1.165, 1.54) is 7.11 Å². The molecule has 1 aromatic rings. The molecule has 172 valence electrons. The normalized spacial score (nSPS) is 33.8. The van der Waals surface area contributed by atoms with Gasteiger partial charge in [0.2, 0.25) is 11.8 Å². The fraction of sp³-hybridized carbons (Fsp3) is 0.708. The largest absolute Gasteiger partial charge is 0.392 e. The van der Waals surface area contributed by atoms with Crippen LogP contribution in [0.3, 0.4) is 0 Å². The second-order valence-corrected chi connectivity index (χ2v) is 9.75. The van der Waals surface area contributed by atoms with Gasteiger partial charge in [-0.25, -0.2) is 0 Å². The molecular formula is C24H37N3O4. The van der Waals surface area contributed by atoms with Crippen molar-refractivity contribution in [3.63, 3.8) is 0 Å². The minimum Gasteiger partial charge on any atom is -0.392 e. The molecule has 7 nitrogen and oxygen atoms in total. The summed E-state index contributed by atoms with van der Waals surface area (Å²) in [5.41, 5.74) is 0.986. The number of amides is 2. The first-order chi connectivity index (χ1) is 14.8. The molecule has 0 aromatic carbocycles. The quantitative estimate of drug-likeness (QED) is 0.615. The van der Waals surface area contributed by atoms with Crippen LogP contribution in [0.1, 0.15) is 52.0 Å². The summed E-state index contributed by atoms with van der Waals surface area (Å²) >= 11 is 0. The number of hydrogen-bond acceptors (Lipinski definition) is 5. The standard InChI is InChI=1S/C24H37N3O4/c1-15(23(30)26-13-17-6-5-11-25-12-17)18-7-9-24(3)10-8-19(27-20(28)14-31-4)16(2)21(24)22(18)29/h5-6,11-12,15-16,18-19,21-22,29H,7-10,13-14H2,1-4H3,(H,26,30)(H,27,28). The molecule has 31 heavy (non-hydrogen) atoms. The molecule has 0 aliphatic heterocycles. The molecule has 0 bridgehead atoms. The minimum atomic E-state index is -0.574. The van der Waals surface area contributed by atoms with Crippen molar-refractivity contribution < 1.29 is 19.4 Å². The SMILES string of the molecule is COCC(=O)NC1CCC2(C)CCC(C(C)C(=O)NCc3cccnc3)C(O)C2C1C. The number of nitrogens with zero attached hydrogens (tertiary/aromatic N) is 1. The van der Waals surface area contributed by atoms with E-state index in [1.54, 1.807) is 12.4 Å². The monoisotopic (exact) mass is 431 g/mol. The third kappa shape index (κ3) is 5.26. The minimum absolute atomic E-state index is 0.0174. The van der Waals surface area contributed by atoms with Gasteiger partial charge in [0.25, 0.3) is 0 Å². The average molecular weight is 432 g/mol. The molecule has 2 saturated carbocycles. The molecule has 7 heteroatoms. The summed E-state index contributed by atoms with van der Waals surface area (Å²) in [6.45, 7) is 6.78. The van der Waals surface area contributed by atoms with Gasteiger partial charge < -0.3 is 20.5 Å². The molecule has 7 unspecified atom stereocenters. The van der Waals surface area contributed by atoms with Crippen molar-refractivity contribution in [2.24, 2.45) is 29.1 Å². The molecule has 0 spiro atoms. The zero-order valence-corrected chi connectivity index (χ0v) is 19.1. The van der Waals surface area contributed by atoms with Crippen molar-refractivity contribution in [2.75, 3.05) is 13.7 Å². The van der Waals surface area contributed by atoms with Crippen LogP contribution >= 0.6 is 0 Å². The highest BCUT2D eigenvalue weighted by Crippen LogP contribution is 2.55. The third-order valence-corrected chi connectivity index (χ3v) is 7.75. The number of rotatable bonds is 7. The van der Waals surface area contributed by atoms with E-state index in [4.69, 9.17) is 4.74 Å². The summed E-state index contributed by atoms with van der Waals surface area (Å²) in [4.78, 5) is 29.0. The topological polar surface area (TPSA) is 101 Å². The van der Waals surface area contributed by atoms with Crippen molar-refractivity contribution >= 4 is 11.8 Å². The van der Waals surface area contributed by atoms with Crippen LogP contribution in [0.15, 0.2) is 24.5 Å². The Morgan fingerprint density at radius 2 is 2.10 bits per heavy atom. The van der Waals surface area contributed by atoms with E-state index < -0.39 is 6.10 Å². The van der Waals surface area contributed by atoms with Gasteiger partial charge in [-0.2, -0.15) is 0 Å². The van der Waals surface area contributed by atoms with Crippen LogP contribution in [0.2, 0.25) is 0 Å². The molecule has 3 rings (SSSR count). The van der Waals surface area contributed by atoms with E-state index >= 15 is 0 Å². The number of fused-ring (bicyclic) bond motifs is 1. The Balaban J connectivity index is 1.66. The number of nitrogens with one attached hydrogen (secondary N) is 2. The Morgan fingerprint density at radius 3 is 2.77 bits per heavy atom. The van der Waals surface area contributed by atoms with Crippen LogP contribution in [0.4, 0.5) is 0 Å². The molecule has 2 aliphatic rings. The molecule has 7 atom stereocenters. The lowest BCUT2D eigenvalue weighted by molar-refractivity contribution is -0.144. The maximum atomic E-state index is 12.9. The second-order valence-electron chi connectivity index (χ2n) is 9.75. The predicted octanol–water partition coefficient (Wildman–Crippen LogP) is 2.29. The van der Waals surface area contributed by atoms with E-state index in [1.807, 2.05) is 19.1 Å². The van der Waals surface area contributed by atoms with E-state index in [2.05, 4.69) is 29.5 Å². The van der Waals surface area contributed by atoms with Gasteiger partial charge in [-0.1, -0.05) is 26.8 Å². The highest BCUT2D eigenvalue weighted by atomic mass is 16.5. The van der Waals surface area contributed by atoms with Crippen molar-refractivity contribution in [1.29, 1.82) is 0 Å². The van der Waals surface area contributed by atoms with E-state index in [9.17, 15) is 14.7 Å². The summed E-state index contributed by atoms with van der Waals surface area (Å²) < 4.78 is 4.95. The molecule has 1 heterocycles. The van der Waals surface area contributed by atoms with Crippen LogP contribution in [0.25, 0.3) is 0 Å². The summed E-state index contributed by atoms with van der Waals surface area (Å²) in [5.74, 6) is -0.364. The summed E-state index contributed by atoms with van der Waals surface area (Å²) in [7, 11) is 1.51. The maximum Gasteiger partial charge on any atom is 0.246 e. The zero-order valence-electron chi connectivity index (χ0n) is 19.1. The van der Waals surface area contributed by atoms with Crippen LogP contribution in [0, 0.1) is 29.1 Å². The fourth-order valence-electron chi connectivity index (χ4n) is 5.92. The van der Waals surface area contributed by atoms with Gasteiger partial charge in [0.15, 0.2) is 0 Å². The highest BCUT2D eigenvalue weighted by Gasteiger charge is 2.53. The molecule has 2 aliphatic carbocycles. The zero-order chi connectivity index (χ0) is 22.6. The summed E-state index contributed by atoms with van der Waals surface area (Å²) in [6, 6.07) is 3.80. The van der Waals surface area contributed by atoms with E-state index in [0.29, 0.717) is 6.54 Å². The van der Waals surface area contributed by atoms with Gasteiger partial charge in [0.1, 0.15) is 6.61 Å². The van der Waals surface area contributed by atoms with Crippen molar-refractivity contribution in [3.8, 4) is 0 Å². The smallest absolute Gasteiger partial charge is 0.246 e. The van der Waals surface area contributed by atoms with Gasteiger partial charge in [0, 0.05) is 38.0 Å². The average Bonchev–Trinajstić information content (AvgIpc) is 2.75. The third-order valence-electron chi connectivity index (χ3n) is 7.75. The van der Waals surface area contributed by atoms with Gasteiger partial charge in [0.05, 0.1) is 6.10 Å². The number of aromatic nitrogens is 1. The second kappa shape index (κ2) is 10.1. The van der Waals surface area contributed by atoms with Crippen molar-refractivity contribution in [2.45, 2.75) is 65.1 Å². The molecular weight excluding hydrogens is 394 g/mol. The predicted molar refractivity (Wildman–Crippen MR) is 118 cm³/mol. The van der Waals surface area contributed by atoms with Crippen LogP contribution in [-0.2, 0) is 20.9 Å². The molecule has 2 amide bonds. The number of carbonyl (C=O) groups is 2. The van der Waals surface area contributed by atoms with Crippen LogP contribution < -0.4 is 10.6 Å². The lowest BCUT2D eigenvalue weighted by Gasteiger charge is -2.56. The van der Waals surface area contributed by atoms with Crippen molar-refractivity contribution in [3.05, 3.63) is 30.1 Å². The number of hydrogen-bond donors (Lipinski definition) is 3. The summed E-state index contributed by atoms with van der Waals surface area (Å²) in [6.07, 6.45) is 6.57. The maximum absolute atomic E-state index is 12.9. The first kappa shape index (κ1) is 23.7. The Kier molecular flexibility index (Phi) is 7.70. The Bertz CT molecular complexity index is 758. The summed E-state index contributed by atoms with van der Waals surface area (Å²) in [5, 5.41) is 17.5. The molecule has 0 saturated heterocycles. The number of ether oxygens (including phenoxy) is 1. The number of aliphatic hydroxyl groups is 1. The molecule has 2 fully saturated rings. The first-order valence-electron chi connectivity index (χ1n) is 11.4. The van der Waals surface area contributed by atoms with Gasteiger partial charge in [-0.05, 0) is 60.5 Å².